The van der Waals surface area contributed by atoms with Gasteiger partial charge in [0.2, 0.25) is 20.0 Å². The van der Waals surface area contributed by atoms with Crippen LogP contribution in [0.4, 0.5) is 4.39 Å². The fourth-order valence-electron chi connectivity index (χ4n) is 1.30. The van der Waals surface area contributed by atoms with Crippen LogP contribution in [0.15, 0.2) is 28.0 Å². The van der Waals surface area contributed by atoms with Crippen molar-refractivity contribution in [3.05, 3.63) is 24.0 Å². The molecule has 0 saturated carbocycles. The maximum atomic E-state index is 13.8. The Balaban J connectivity index is 3.33. The molecule has 0 fully saturated rings. The molecule has 0 heterocycles. The molecule has 0 radical (unpaired) electrons. The van der Waals surface area contributed by atoms with Crippen LogP contribution in [0.25, 0.3) is 0 Å². The highest BCUT2D eigenvalue weighted by molar-refractivity contribution is 7.89. The number of sulfonamides is 2. The van der Waals surface area contributed by atoms with Gasteiger partial charge in [0.15, 0.2) is 0 Å². The predicted octanol–water partition coefficient (Wildman–Crippen LogP) is 0.163. The Bertz CT molecular complexity index is 777. The molecular formula is C11H13FN2O4S2. The van der Waals surface area contributed by atoms with E-state index in [0.29, 0.717) is 6.07 Å². The number of rotatable bonds is 4. The van der Waals surface area contributed by atoms with E-state index >= 15 is 0 Å². The minimum atomic E-state index is -4.23. The molecule has 0 unspecified atom stereocenters. The Morgan fingerprint density at radius 2 is 1.85 bits per heavy atom. The summed E-state index contributed by atoms with van der Waals surface area (Å²) >= 11 is 0. The van der Waals surface area contributed by atoms with E-state index in [1.165, 1.54) is 13.8 Å². The van der Waals surface area contributed by atoms with Crippen LogP contribution >= 0.6 is 0 Å². The van der Waals surface area contributed by atoms with Crippen molar-refractivity contribution in [3.63, 3.8) is 0 Å². The first-order chi connectivity index (χ1) is 8.89. The van der Waals surface area contributed by atoms with Gasteiger partial charge in [-0.3, -0.25) is 0 Å². The number of halogens is 1. The molecule has 9 heteroatoms. The van der Waals surface area contributed by atoms with Gasteiger partial charge in [-0.1, -0.05) is 5.92 Å². The predicted molar refractivity (Wildman–Crippen MR) is 71.0 cm³/mol. The lowest BCUT2D eigenvalue weighted by Gasteiger charge is -2.19. The molecule has 0 bridgehead atoms. The minimum Gasteiger partial charge on any atom is -0.225 e. The monoisotopic (exact) mass is 320 g/mol. The molecule has 1 aromatic rings. The topological polar surface area (TPSA) is 106 Å². The Hall–Kier alpha value is -1.47. The van der Waals surface area contributed by atoms with Gasteiger partial charge in [0, 0.05) is 0 Å². The number of nitrogens with two attached hydrogens (primary N) is 1. The standard InChI is InChI=1S/C11H13FN2O4S2/c1-4-11(2,3)14-20(17,18)10-6-5-8(7-9(10)12)19(13,15)16/h1,5-7,14H,2-3H3,(H2,13,15,16). The maximum Gasteiger partial charge on any atom is 0.244 e. The van der Waals surface area contributed by atoms with Crippen LogP contribution < -0.4 is 9.86 Å². The molecule has 0 aliphatic carbocycles. The first kappa shape index (κ1) is 16.6. The molecule has 0 aliphatic rings. The Labute approximate surface area is 117 Å². The Morgan fingerprint density at radius 1 is 1.30 bits per heavy atom. The van der Waals surface area contributed by atoms with Crippen molar-refractivity contribution in [2.24, 2.45) is 5.14 Å². The zero-order valence-corrected chi connectivity index (χ0v) is 12.3. The lowest BCUT2D eigenvalue weighted by atomic mass is 10.1. The van der Waals surface area contributed by atoms with Gasteiger partial charge in [0.1, 0.15) is 10.7 Å². The minimum absolute atomic E-state index is 0.523. The summed E-state index contributed by atoms with van der Waals surface area (Å²) in [6.07, 6.45) is 5.14. The molecule has 110 valence electrons. The molecule has 0 aliphatic heterocycles. The first-order valence-electron chi connectivity index (χ1n) is 5.23. The van der Waals surface area contributed by atoms with Gasteiger partial charge >= 0.3 is 0 Å². The highest BCUT2D eigenvalue weighted by Crippen LogP contribution is 2.19. The van der Waals surface area contributed by atoms with Crippen molar-refractivity contribution in [1.29, 1.82) is 0 Å². The molecule has 0 saturated heterocycles. The number of nitrogens with one attached hydrogen (secondary N) is 1. The van der Waals surface area contributed by atoms with Crippen LogP contribution in [0.3, 0.4) is 0 Å². The Kier molecular flexibility index (Phi) is 4.26. The number of benzene rings is 1. The van der Waals surface area contributed by atoms with Gasteiger partial charge in [0.05, 0.1) is 10.4 Å². The number of hydrogen-bond donors (Lipinski definition) is 2. The number of primary sulfonamides is 1. The fourth-order valence-corrected chi connectivity index (χ4v) is 3.23. The second kappa shape index (κ2) is 5.14. The normalized spacial score (nSPS) is 12.9. The van der Waals surface area contributed by atoms with Crippen LogP contribution in [0.2, 0.25) is 0 Å². The fraction of sp³-hybridized carbons (Fsp3) is 0.273. The summed E-state index contributed by atoms with van der Waals surface area (Å²) in [5.74, 6) is 0.955. The number of hydrogen-bond acceptors (Lipinski definition) is 4. The third kappa shape index (κ3) is 3.77. The van der Waals surface area contributed by atoms with Gasteiger partial charge < -0.3 is 0 Å². The van der Waals surface area contributed by atoms with Crippen LogP contribution in [0.1, 0.15) is 13.8 Å². The first-order valence-corrected chi connectivity index (χ1v) is 8.26. The molecule has 20 heavy (non-hydrogen) atoms. The van der Waals surface area contributed by atoms with E-state index in [4.69, 9.17) is 11.6 Å². The average Bonchev–Trinajstić information content (AvgIpc) is 2.26. The quantitative estimate of drug-likeness (QED) is 0.771. The van der Waals surface area contributed by atoms with Crippen molar-refractivity contribution in [2.45, 2.75) is 29.2 Å². The Morgan fingerprint density at radius 3 is 2.25 bits per heavy atom. The highest BCUT2D eigenvalue weighted by atomic mass is 32.2. The average molecular weight is 320 g/mol. The van der Waals surface area contributed by atoms with E-state index < -0.39 is 41.2 Å². The van der Waals surface area contributed by atoms with E-state index in [1.807, 2.05) is 0 Å². The van der Waals surface area contributed by atoms with Crippen molar-refractivity contribution in [1.82, 2.24) is 4.72 Å². The van der Waals surface area contributed by atoms with Crippen LogP contribution in [-0.2, 0) is 20.0 Å². The van der Waals surface area contributed by atoms with Crippen LogP contribution in [-0.4, -0.2) is 22.4 Å². The van der Waals surface area contributed by atoms with Gasteiger partial charge in [-0.2, -0.15) is 4.72 Å². The molecule has 0 aromatic heterocycles. The largest absolute Gasteiger partial charge is 0.244 e. The second-order valence-corrected chi connectivity index (χ2v) is 7.72. The van der Waals surface area contributed by atoms with Crippen molar-refractivity contribution in [3.8, 4) is 12.3 Å². The lowest BCUT2D eigenvalue weighted by molar-refractivity contribution is 0.525. The molecule has 0 atom stereocenters. The summed E-state index contributed by atoms with van der Waals surface area (Å²) in [6.45, 7) is 2.84. The van der Waals surface area contributed by atoms with E-state index in [-0.39, 0.29) is 0 Å². The van der Waals surface area contributed by atoms with Gasteiger partial charge in [-0.05, 0) is 32.0 Å². The molecule has 0 amide bonds. The van der Waals surface area contributed by atoms with Gasteiger partial charge in [-0.25, -0.2) is 26.4 Å². The summed E-state index contributed by atoms with van der Waals surface area (Å²) in [7, 11) is -8.34. The summed E-state index contributed by atoms with van der Waals surface area (Å²) < 4.78 is 61.9. The molecule has 3 N–H and O–H groups in total. The maximum absolute atomic E-state index is 13.8. The van der Waals surface area contributed by atoms with Crippen LogP contribution in [0, 0.1) is 18.2 Å². The smallest absolute Gasteiger partial charge is 0.225 e. The molecule has 6 nitrogen and oxygen atoms in total. The molecule has 1 aromatic carbocycles. The second-order valence-electron chi connectivity index (χ2n) is 4.51. The van der Waals surface area contributed by atoms with E-state index in [9.17, 15) is 21.2 Å². The van der Waals surface area contributed by atoms with E-state index in [0.717, 1.165) is 12.1 Å². The molecule has 0 spiro atoms. The SMILES string of the molecule is C#CC(C)(C)NS(=O)(=O)c1ccc(S(N)(=O)=O)cc1F. The summed E-state index contributed by atoms with van der Waals surface area (Å²) in [6, 6.07) is 2.24. The summed E-state index contributed by atoms with van der Waals surface area (Å²) in [5.41, 5.74) is -1.22. The van der Waals surface area contributed by atoms with Crippen LogP contribution in [0.5, 0.6) is 0 Å². The highest BCUT2D eigenvalue weighted by Gasteiger charge is 2.27. The zero-order chi connectivity index (χ0) is 15.8. The molecular weight excluding hydrogens is 307 g/mol. The third-order valence-electron chi connectivity index (χ3n) is 2.27. The third-order valence-corrected chi connectivity index (χ3v) is 4.87. The van der Waals surface area contributed by atoms with Gasteiger partial charge in [0.25, 0.3) is 0 Å². The van der Waals surface area contributed by atoms with Crippen molar-refractivity contribution < 1.29 is 21.2 Å². The van der Waals surface area contributed by atoms with E-state index in [1.54, 1.807) is 0 Å². The van der Waals surface area contributed by atoms with E-state index in [2.05, 4.69) is 10.6 Å². The van der Waals surface area contributed by atoms with Crippen molar-refractivity contribution in [2.75, 3.05) is 0 Å². The summed E-state index contributed by atoms with van der Waals surface area (Å²) in [4.78, 5) is -1.24. The number of terminal acetylenes is 1. The summed E-state index contributed by atoms with van der Waals surface area (Å²) in [5, 5.41) is 4.82. The van der Waals surface area contributed by atoms with Crippen molar-refractivity contribution >= 4 is 20.0 Å². The molecule has 1 rings (SSSR count). The lowest BCUT2D eigenvalue weighted by Crippen LogP contribution is -2.42. The van der Waals surface area contributed by atoms with Gasteiger partial charge in [-0.15, -0.1) is 6.42 Å². The zero-order valence-electron chi connectivity index (χ0n) is 10.7.